The maximum Gasteiger partial charge on any atom is 0.258 e. The summed E-state index contributed by atoms with van der Waals surface area (Å²) < 4.78 is 1.88. The number of rotatable bonds is 10. The predicted octanol–water partition coefficient (Wildman–Crippen LogP) is 6.82. The summed E-state index contributed by atoms with van der Waals surface area (Å²) in [5, 5.41) is 20.5. The smallest absolute Gasteiger partial charge is 0.258 e. The number of aromatic nitrogens is 1. The van der Waals surface area contributed by atoms with E-state index in [1.54, 1.807) is 6.07 Å². The van der Waals surface area contributed by atoms with Crippen LogP contribution in [0.25, 0.3) is 22.0 Å². The van der Waals surface area contributed by atoms with E-state index in [4.69, 9.17) is 16.6 Å². The average Bonchev–Trinajstić information content (AvgIpc) is 2.99. The van der Waals surface area contributed by atoms with Crippen LogP contribution in [0, 0.1) is 10.8 Å². The lowest BCUT2D eigenvalue weighted by atomic mass is 9.97. The maximum atomic E-state index is 14.0. The Hall–Kier alpha value is -4.23. The van der Waals surface area contributed by atoms with Gasteiger partial charge in [-0.3, -0.25) is 20.5 Å². The Kier molecular flexibility index (Phi) is 9.18. The molecule has 5 rings (SSSR count). The summed E-state index contributed by atoms with van der Waals surface area (Å²) in [6.45, 7) is 6.40. The summed E-state index contributed by atoms with van der Waals surface area (Å²) in [4.78, 5) is 16.7. The Bertz CT molecular complexity index is 1620. The molecule has 4 aromatic rings. The van der Waals surface area contributed by atoms with Crippen LogP contribution >= 0.6 is 0 Å². The fourth-order valence-corrected chi connectivity index (χ4v) is 6.21. The predicted molar refractivity (Wildman–Crippen MR) is 175 cm³/mol. The molecule has 0 radical (unpaired) electrons. The molecule has 0 bridgehead atoms. The summed E-state index contributed by atoms with van der Waals surface area (Å²) in [6.07, 6.45) is 6.94. The van der Waals surface area contributed by atoms with Gasteiger partial charge >= 0.3 is 0 Å². The number of hydrogen-bond donors (Lipinski definition) is 4. The lowest BCUT2D eigenvalue weighted by Gasteiger charge is -2.39. The zero-order valence-corrected chi connectivity index (χ0v) is 24.7. The van der Waals surface area contributed by atoms with Gasteiger partial charge in [0, 0.05) is 41.0 Å². The molecule has 42 heavy (non-hydrogen) atoms. The highest BCUT2D eigenvalue weighted by molar-refractivity contribution is 6.07. The lowest BCUT2D eigenvalue weighted by Crippen LogP contribution is -2.44. The Labute approximate surface area is 248 Å². The minimum atomic E-state index is -0.0586. The van der Waals surface area contributed by atoms with E-state index in [0.29, 0.717) is 35.6 Å². The maximum absolute atomic E-state index is 14.0. The van der Waals surface area contributed by atoms with Gasteiger partial charge in [-0.1, -0.05) is 67.4 Å². The molecule has 0 aliphatic carbocycles. The first kappa shape index (κ1) is 29.3. The van der Waals surface area contributed by atoms with Gasteiger partial charge in [-0.15, -0.1) is 0 Å². The van der Waals surface area contributed by atoms with Crippen LogP contribution in [0.1, 0.15) is 63.5 Å². The summed E-state index contributed by atoms with van der Waals surface area (Å²) in [5.41, 5.74) is 10.1. The van der Waals surface area contributed by atoms with E-state index in [1.165, 1.54) is 19.3 Å². The van der Waals surface area contributed by atoms with Crippen LogP contribution in [0.2, 0.25) is 0 Å². The van der Waals surface area contributed by atoms with Gasteiger partial charge in [-0.05, 0) is 81.3 Å². The molecule has 0 spiro atoms. The van der Waals surface area contributed by atoms with Gasteiger partial charge in [0.2, 0.25) is 0 Å². The Morgan fingerprint density at radius 1 is 0.857 bits per heavy atom. The van der Waals surface area contributed by atoms with Crippen molar-refractivity contribution in [3.8, 4) is 11.1 Å². The van der Waals surface area contributed by atoms with Gasteiger partial charge in [-0.25, -0.2) is 0 Å². The summed E-state index contributed by atoms with van der Waals surface area (Å²) in [7, 11) is 0. The summed E-state index contributed by atoms with van der Waals surface area (Å²) >= 11 is 0. The molecule has 7 nitrogen and oxygen atoms in total. The molecule has 0 amide bonds. The first-order valence-electron chi connectivity index (χ1n) is 15.1. The van der Waals surface area contributed by atoms with Gasteiger partial charge in [0.25, 0.3) is 5.56 Å². The number of amidine groups is 2. The highest BCUT2D eigenvalue weighted by Crippen LogP contribution is 2.26. The Morgan fingerprint density at radius 3 is 2.31 bits per heavy atom. The van der Waals surface area contributed by atoms with Crippen molar-refractivity contribution in [2.24, 2.45) is 5.73 Å². The highest BCUT2D eigenvalue weighted by atomic mass is 16.1. The number of hydrogen-bond acceptors (Lipinski definition) is 4. The van der Waals surface area contributed by atoms with Crippen LogP contribution in [-0.4, -0.2) is 39.8 Å². The molecule has 1 aromatic heterocycles. The molecule has 3 aromatic carbocycles. The molecule has 1 aliphatic heterocycles. The van der Waals surface area contributed by atoms with Gasteiger partial charge in [-0.2, -0.15) is 0 Å². The molecule has 0 unspecified atom stereocenters. The van der Waals surface area contributed by atoms with E-state index in [0.717, 1.165) is 53.5 Å². The van der Waals surface area contributed by atoms with Crippen LogP contribution in [0.5, 0.6) is 0 Å². The fourth-order valence-electron chi connectivity index (χ4n) is 6.21. The van der Waals surface area contributed by atoms with Crippen molar-refractivity contribution in [3.05, 3.63) is 100 Å². The second-order valence-corrected chi connectivity index (χ2v) is 11.6. The number of anilines is 1. The minimum absolute atomic E-state index is 0.0214. The SMILES string of the molecule is C[C@@H]1CCC[C@H](C)N1CCCCCn1c(=O)c(-c2cccc(C(=N)N)c2)cc2ccc(NC(=N)c3ccccc3)cc21. The zero-order chi connectivity index (χ0) is 29.6. The third-order valence-corrected chi connectivity index (χ3v) is 8.59. The molecule has 1 fully saturated rings. The van der Waals surface area contributed by atoms with Crippen LogP contribution < -0.4 is 16.6 Å². The first-order valence-corrected chi connectivity index (χ1v) is 15.1. The van der Waals surface area contributed by atoms with Gasteiger partial charge in [0.15, 0.2) is 0 Å². The molecule has 2 heterocycles. The highest BCUT2D eigenvalue weighted by Gasteiger charge is 2.23. The largest absolute Gasteiger partial charge is 0.384 e. The van der Waals surface area contributed by atoms with Crippen molar-refractivity contribution in [3.63, 3.8) is 0 Å². The second-order valence-electron chi connectivity index (χ2n) is 11.6. The number of nitrogens with zero attached hydrogens (tertiary/aromatic N) is 2. The van der Waals surface area contributed by atoms with Crippen LogP contribution in [0.4, 0.5) is 5.69 Å². The average molecular weight is 563 g/mol. The first-order chi connectivity index (χ1) is 20.3. The summed E-state index contributed by atoms with van der Waals surface area (Å²) in [6, 6.07) is 26.0. The number of aryl methyl sites for hydroxylation is 1. The van der Waals surface area contributed by atoms with Crippen molar-refractivity contribution in [2.45, 2.75) is 71.0 Å². The molecule has 1 aliphatic rings. The van der Waals surface area contributed by atoms with Crippen molar-refractivity contribution in [2.75, 3.05) is 11.9 Å². The van der Waals surface area contributed by atoms with E-state index in [-0.39, 0.29) is 11.4 Å². The molecule has 0 saturated carbocycles. The van der Waals surface area contributed by atoms with E-state index in [2.05, 4.69) is 24.1 Å². The van der Waals surface area contributed by atoms with E-state index in [1.807, 2.05) is 77.4 Å². The molecule has 218 valence electrons. The number of fused-ring (bicyclic) bond motifs is 1. The molecule has 5 N–H and O–H groups in total. The zero-order valence-electron chi connectivity index (χ0n) is 24.7. The van der Waals surface area contributed by atoms with Crippen LogP contribution in [0.3, 0.4) is 0 Å². The normalized spacial score (nSPS) is 17.3. The monoisotopic (exact) mass is 562 g/mol. The number of likely N-dealkylation sites (tertiary alicyclic amines) is 1. The van der Waals surface area contributed by atoms with Crippen LogP contribution in [0.15, 0.2) is 83.7 Å². The second kappa shape index (κ2) is 13.2. The number of pyridine rings is 1. The number of nitrogen functional groups attached to an aromatic ring is 1. The Balaban J connectivity index is 1.42. The molecular formula is C35H42N6O. The fraction of sp³-hybridized carbons (Fsp3) is 0.343. The third-order valence-electron chi connectivity index (χ3n) is 8.59. The van der Waals surface area contributed by atoms with Crippen LogP contribution in [-0.2, 0) is 6.54 Å². The van der Waals surface area contributed by atoms with Gasteiger partial charge < -0.3 is 15.6 Å². The minimum Gasteiger partial charge on any atom is -0.384 e. The molecular weight excluding hydrogens is 520 g/mol. The Morgan fingerprint density at radius 2 is 1.57 bits per heavy atom. The van der Waals surface area contributed by atoms with Crippen molar-refractivity contribution in [1.29, 1.82) is 10.8 Å². The third kappa shape index (κ3) is 6.63. The van der Waals surface area contributed by atoms with Crippen molar-refractivity contribution < 1.29 is 0 Å². The number of piperidine rings is 1. The number of unbranched alkanes of at least 4 members (excludes halogenated alkanes) is 2. The summed E-state index contributed by atoms with van der Waals surface area (Å²) in [5.74, 6) is 0.287. The van der Waals surface area contributed by atoms with Crippen molar-refractivity contribution in [1.82, 2.24) is 9.47 Å². The van der Waals surface area contributed by atoms with Gasteiger partial charge in [0.05, 0.1) is 5.52 Å². The number of nitrogens with two attached hydrogens (primary N) is 1. The van der Waals surface area contributed by atoms with E-state index in [9.17, 15) is 4.79 Å². The van der Waals surface area contributed by atoms with Gasteiger partial charge in [0.1, 0.15) is 11.7 Å². The molecule has 1 saturated heterocycles. The molecule has 7 heteroatoms. The standard InChI is InChI=1S/C35H42N6O/c1-24-11-9-12-25(2)40(24)19-7-4-8-20-41-32-23-30(39-34(38)26-13-5-3-6-14-26)18-17-28(32)22-31(35(41)42)27-15-10-16-29(21-27)33(36)37/h3,5-6,10,13-18,21-25H,4,7-9,11-12,19-20H2,1-2H3,(H3,36,37)(H2,38,39)/t24-,25+. The molecule has 2 atom stereocenters. The number of nitrogens with one attached hydrogen (secondary N) is 3. The lowest BCUT2D eigenvalue weighted by molar-refractivity contribution is 0.101. The number of benzene rings is 3. The van der Waals surface area contributed by atoms with E-state index >= 15 is 0 Å². The quantitative estimate of drug-likeness (QED) is 0.0965. The topological polar surface area (TPSA) is 111 Å². The van der Waals surface area contributed by atoms with E-state index < -0.39 is 0 Å². The van der Waals surface area contributed by atoms with Crippen molar-refractivity contribution >= 4 is 28.3 Å².